The summed E-state index contributed by atoms with van der Waals surface area (Å²) in [6, 6.07) is 10.0. The van der Waals surface area contributed by atoms with Gasteiger partial charge >= 0.3 is 6.03 Å². The summed E-state index contributed by atoms with van der Waals surface area (Å²) in [7, 11) is 0. The van der Waals surface area contributed by atoms with Crippen molar-refractivity contribution in [3.05, 3.63) is 65.5 Å². The van der Waals surface area contributed by atoms with Crippen LogP contribution in [0, 0.1) is 5.82 Å². The first-order chi connectivity index (χ1) is 11.5. The molecule has 0 bridgehead atoms. The van der Waals surface area contributed by atoms with Gasteiger partial charge in [-0.25, -0.2) is 14.1 Å². The number of rotatable bonds is 2. The van der Waals surface area contributed by atoms with Crippen LogP contribution in [-0.4, -0.2) is 23.0 Å². The highest BCUT2D eigenvalue weighted by Crippen LogP contribution is 2.24. The minimum atomic E-state index is -1.02. The van der Waals surface area contributed by atoms with E-state index in [9.17, 15) is 23.9 Å². The predicted octanol–water partition coefficient (Wildman–Crippen LogP) is 2.20. The van der Waals surface area contributed by atoms with Crippen LogP contribution in [0.15, 0.2) is 54.1 Å². The van der Waals surface area contributed by atoms with Crippen molar-refractivity contribution in [3.8, 4) is 5.75 Å². The Kier molecular flexibility index (Phi) is 3.83. The summed E-state index contributed by atoms with van der Waals surface area (Å²) in [5.41, 5.74) is -0.0956. The Hall–Kier alpha value is -3.48. The predicted molar refractivity (Wildman–Crippen MR) is 83.5 cm³/mol. The van der Waals surface area contributed by atoms with E-state index in [1.54, 1.807) is 0 Å². The second-order valence-corrected chi connectivity index (χ2v) is 5.00. The van der Waals surface area contributed by atoms with E-state index in [0.717, 1.165) is 6.07 Å². The molecule has 1 fully saturated rings. The first kappa shape index (κ1) is 15.4. The molecule has 0 radical (unpaired) electrons. The van der Waals surface area contributed by atoms with Crippen molar-refractivity contribution in [1.82, 2.24) is 5.32 Å². The molecule has 2 aromatic carbocycles. The van der Waals surface area contributed by atoms with Gasteiger partial charge in [-0.05, 0) is 35.9 Å². The minimum Gasteiger partial charge on any atom is -0.508 e. The van der Waals surface area contributed by atoms with E-state index in [0.29, 0.717) is 10.5 Å². The van der Waals surface area contributed by atoms with E-state index >= 15 is 0 Å². The Balaban J connectivity index is 2.03. The van der Waals surface area contributed by atoms with Crippen LogP contribution < -0.4 is 10.2 Å². The van der Waals surface area contributed by atoms with E-state index in [4.69, 9.17) is 0 Å². The van der Waals surface area contributed by atoms with Crippen LogP contribution in [-0.2, 0) is 9.59 Å². The lowest BCUT2D eigenvalue weighted by Crippen LogP contribution is -2.54. The number of carbonyl (C=O) groups is 3. The largest absolute Gasteiger partial charge is 0.508 e. The number of barbiturate groups is 1. The Morgan fingerprint density at radius 3 is 2.33 bits per heavy atom. The van der Waals surface area contributed by atoms with E-state index in [1.165, 1.54) is 48.5 Å². The van der Waals surface area contributed by atoms with Gasteiger partial charge in [0, 0.05) is 0 Å². The molecule has 0 atom stereocenters. The summed E-state index contributed by atoms with van der Waals surface area (Å²) < 4.78 is 13.9. The summed E-state index contributed by atoms with van der Waals surface area (Å²) in [6.07, 6.45) is 1.26. The van der Waals surface area contributed by atoms with Gasteiger partial charge in [-0.1, -0.05) is 24.3 Å². The van der Waals surface area contributed by atoms with Crippen LogP contribution in [0.1, 0.15) is 5.56 Å². The quantitative estimate of drug-likeness (QED) is 0.654. The molecule has 24 heavy (non-hydrogen) atoms. The Bertz CT molecular complexity index is 874. The number of para-hydroxylation sites is 1. The van der Waals surface area contributed by atoms with Crippen LogP contribution in [0.3, 0.4) is 0 Å². The number of nitrogens with one attached hydrogen (secondary N) is 1. The molecular formula is C17H11FN2O4. The fourth-order valence-corrected chi connectivity index (χ4v) is 2.25. The molecule has 1 heterocycles. The highest BCUT2D eigenvalue weighted by molar-refractivity contribution is 6.39. The van der Waals surface area contributed by atoms with Crippen molar-refractivity contribution >= 4 is 29.6 Å². The fourth-order valence-electron chi connectivity index (χ4n) is 2.25. The van der Waals surface area contributed by atoms with E-state index in [2.05, 4.69) is 0 Å². The van der Waals surface area contributed by atoms with Gasteiger partial charge in [0.15, 0.2) is 0 Å². The van der Waals surface area contributed by atoms with Crippen molar-refractivity contribution in [2.24, 2.45) is 0 Å². The van der Waals surface area contributed by atoms with Crippen molar-refractivity contribution in [1.29, 1.82) is 0 Å². The van der Waals surface area contributed by atoms with Crippen molar-refractivity contribution in [2.75, 3.05) is 4.90 Å². The number of phenolic OH excluding ortho intramolecular Hbond substituents is 1. The Morgan fingerprint density at radius 2 is 1.67 bits per heavy atom. The van der Waals surface area contributed by atoms with Gasteiger partial charge in [0.25, 0.3) is 11.8 Å². The maximum Gasteiger partial charge on any atom is 0.336 e. The number of anilines is 1. The number of aromatic hydroxyl groups is 1. The number of carbonyl (C=O) groups excluding carboxylic acids is 3. The lowest BCUT2D eigenvalue weighted by Gasteiger charge is -2.26. The van der Waals surface area contributed by atoms with Gasteiger partial charge in [-0.3, -0.25) is 14.9 Å². The summed E-state index contributed by atoms with van der Waals surface area (Å²) in [5, 5.41) is 11.3. The average molecular weight is 326 g/mol. The van der Waals surface area contributed by atoms with Gasteiger partial charge in [-0.15, -0.1) is 0 Å². The summed E-state index contributed by atoms with van der Waals surface area (Å²) in [6.45, 7) is 0. The molecule has 1 aliphatic rings. The molecule has 6 nitrogen and oxygen atoms in total. The van der Waals surface area contributed by atoms with Gasteiger partial charge in [0.2, 0.25) is 0 Å². The molecule has 0 spiro atoms. The number of amides is 4. The molecule has 7 heteroatoms. The van der Waals surface area contributed by atoms with Crippen LogP contribution in [0.4, 0.5) is 14.9 Å². The molecule has 0 aromatic heterocycles. The van der Waals surface area contributed by atoms with Gasteiger partial charge in [0.05, 0.1) is 5.69 Å². The number of halogens is 1. The minimum absolute atomic E-state index is 0.0275. The summed E-state index contributed by atoms with van der Waals surface area (Å²) in [4.78, 5) is 37.0. The van der Waals surface area contributed by atoms with Crippen molar-refractivity contribution < 1.29 is 23.9 Å². The number of hydrogen-bond donors (Lipinski definition) is 2. The van der Waals surface area contributed by atoms with E-state index in [1.807, 2.05) is 5.32 Å². The SMILES string of the molecule is O=C1NC(=O)N(c2ccccc2F)C(=O)/C1=C/c1ccc(O)cc1. The van der Waals surface area contributed by atoms with E-state index in [-0.39, 0.29) is 17.0 Å². The third kappa shape index (κ3) is 2.74. The Morgan fingerprint density at radius 1 is 1.00 bits per heavy atom. The maximum absolute atomic E-state index is 13.9. The molecule has 2 aromatic rings. The lowest BCUT2D eigenvalue weighted by atomic mass is 10.1. The van der Waals surface area contributed by atoms with Crippen molar-refractivity contribution in [3.63, 3.8) is 0 Å². The molecule has 4 amide bonds. The highest BCUT2D eigenvalue weighted by Gasteiger charge is 2.37. The zero-order valence-corrected chi connectivity index (χ0v) is 12.2. The van der Waals surface area contributed by atoms with Gasteiger partial charge < -0.3 is 5.11 Å². The number of nitrogens with zero attached hydrogens (tertiary/aromatic N) is 1. The highest BCUT2D eigenvalue weighted by atomic mass is 19.1. The molecule has 3 rings (SSSR count). The standard InChI is InChI=1S/C17H11FN2O4/c18-13-3-1-2-4-14(13)20-16(23)12(15(22)19-17(20)24)9-10-5-7-11(21)8-6-10/h1-9,21H,(H,19,22,24)/b12-9+. The molecule has 0 unspecified atom stereocenters. The molecule has 1 saturated heterocycles. The number of phenols is 1. The number of imide groups is 2. The molecule has 120 valence electrons. The first-order valence-corrected chi connectivity index (χ1v) is 6.92. The van der Waals surface area contributed by atoms with Crippen LogP contribution >= 0.6 is 0 Å². The smallest absolute Gasteiger partial charge is 0.336 e. The average Bonchev–Trinajstić information content (AvgIpc) is 2.55. The Labute approximate surface area is 135 Å². The van der Waals surface area contributed by atoms with Crippen LogP contribution in [0.2, 0.25) is 0 Å². The van der Waals surface area contributed by atoms with Gasteiger partial charge in [0.1, 0.15) is 17.1 Å². The second kappa shape index (κ2) is 5.96. The topological polar surface area (TPSA) is 86.7 Å². The van der Waals surface area contributed by atoms with Gasteiger partial charge in [-0.2, -0.15) is 0 Å². The first-order valence-electron chi connectivity index (χ1n) is 6.92. The zero-order valence-electron chi connectivity index (χ0n) is 12.2. The van der Waals surface area contributed by atoms with E-state index < -0.39 is 23.7 Å². The van der Waals surface area contributed by atoms with Crippen molar-refractivity contribution in [2.45, 2.75) is 0 Å². The number of benzene rings is 2. The monoisotopic (exact) mass is 326 g/mol. The fraction of sp³-hybridized carbons (Fsp3) is 0. The normalized spacial score (nSPS) is 16.5. The lowest BCUT2D eigenvalue weighted by molar-refractivity contribution is -0.122. The number of hydrogen-bond acceptors (Lipinski definition) is 4. The summed E-state index contributed by atoms with van der Waals surface area (Å²) in [5.74, 6) is -2.54. The maximum atomic E-state index is 13.9. The molecular weight excluding hydrogens is 315 g/mol. The summed E-state index contributed by atoms with van der Waals surface area (Å²) >= 11 is 0. The number of urea groups is 1. The second-order valence-electron chi connectivity index (χ2n) is 5.00. The molecule has 2 N–H and O–H groups in total. The zero-order chi connectivity index (χ0) is 17.3. The van der Waals surface area contributed by atoms with Crippen LogP contribution in [0.25, 0.3) is 6.08 Å². The third-order valence-electron chi connectivity index (χ3n) is 3.40. The molecule has 1 aliphatic heterocycles. The molecule has 0 aliphatic carbocycles. The third-order valence-corrected chi connectivity index (χ3v) is 3.40. The van der Waals surface area contributed by atoms with Crippen LogP contribution in [0.5, 0.6) is 5.75 Å². The molecule has 0 saturated carbocycles.